The molecule has 2 rings (SSSR count). The maximum absolute atomic E-state index is 11.8. The van der Waals surface area contributed by atoms with Crippen molar-refractivity contribution in [1.82, 2.24) is 0 Å². The Balaban J connectivity index is 1.67. The minimum Gasteiger partial charge on any atom is -0.479 e. The van der Waals surface area contributed by atoms with Crippen LogP contribution in [0.15, 0.2) is 12.2 Å². The normalized spacial score (nSPS) is 20.0. The fraction of sp³-hybridized carbons (Fsp3) is 0.688. The van der Waals surface area contributed by atoms with Crippen molar-refractivity contribution in [2.75, 3.05) is 6.61 Å². The van der Waals surface area contributed by atoms with Gasteiger partial charge in [-0.2, -0.15) is 0 Å². The summed E-state index contributed by atoms with van der Waals surface area (Å²) in [6, 6.07) is 0. The zero-order valence-electron chi connectivity index (χ0n) is 12.6. The van der Waals surface area contributed by atoms with Gasteiger partial charge in [-0.05, 0) is 31.1 Å². The lowest BCUT2D eigenvalue weighted by molar-refractivity contribution is -0.163. The third-order valence-corrected chi connectivity index (χ3v) is 4.51. The molecule has 122 valence electrons. The van der Waals surface area contributed by atoms with Crippen LogP contribution < -0.4 is 0 Å². The van der Waals surface area contributed by atoms with Gasteiger partial charge < -0.3 is 14.6 Å². The molecule has 0 amide bonds. The van der Waals surface area contributed by atoms with Gasteiger partial charge in [0.1, 0.15) is 6.10 Å². The summed E-state index contributed by atoms with van der Waals surface area (Å²) < 4.78 is 9.79. The maximum Gasteiger partial charge on any atom is 0.341 e. The van der Waals surface area contributed by atoms with Gasteiger partial charge in [-0.15, -0.1) is 0 Å². The number of aliphatic carboxylic acids is 1. The molecule has 22 heavy (non-hydrogen) atoms. The van der Waals surface area contributed by atoms with Crippen molar-refractivity contribution < 1.29 is 29.0 Å². The molecule has 0 saturated heterocycles. The topological polar surface area (TPSA) is 89.9 Å². The molecule has 1 N–H and O–H groups in total. The van der Waals surface area contributed by atoms with Crippen molar-refractivity contribution in [3.05, 3.63) is 12.2 Å². The zero-order chi connectivity index (χ0) is 16.2. The minimum absolute atomic E-state index is 0.0616. The van der Waals surface area contributed by atoms with Crippen LogP contribution in [0.1, 0.15) is 51.4 Å². The van der Waals surface area contributed by atoms with Crippen LogP contribution in [0.5, 0.6) is 0 Å². The third kappa shape index (κ3) is 4.32. The van der Waals surface area contributed by atoms with Crippen molar-refractivity contribution in [3.63, 3.8) is 0 Å². The number of ether oxygens (including phenoxy) is 2. The zero-order valence-corrected chi connectivity index (χ0v) is 12.6. The first kappa shape index (κ1) is 16.5. The van der Waals surface area contributed by atoms with E-state index in [0.29, 0.717) is 5.41 Å². The number of rotatable bonds is 6. The summed E-state index contributed by atoms with van der Waals surface area (Å²) >= 11 is 0. The highest BCUT2D eigenvalue weighted by atomic mass is 16.6. The minimum atomic E-state index is -1.25. The summed E-state index contributed by atoms with van der Waals surface area (Å²) in [6.45, 7) is 2.70. The van der Waals surface area contributed by atoms with E-state index in [1.807, 2.05) is 0 Å². The highest BCUT2D eigenvalue weighted by molar-refractivity contribution is 5.94. The standard InChI is InChI=1S/C16H22O6/c1-11(15(20)21-10-13(17)18)7-14(19)22-12-8-16(9-12)5-3-2-4-6-16/h12H,1-10H2,(H,17,18). The predicted octanol–water partition coefficient (Wildman–Crippen LogP) is 2.22. The Labute approximate surface area is 129 Å². The molecule has 0 aromatic carbocycles. The number of carboxylic acids is 1. The summed E-state index contributed by atoms with van der Waals surface area (Å²) in [6.07, 6.45) is 7.74. The number of carboxylic acid groups (broad SMARTS) is 1. The summed E-state index contributed by atoms with van der Waals surface area (Å²) in [5, 5.41) is 8.41. The van der Waals surface area contributed by atoms with E-state index in [2.05, 4.69) is 11.3 Å². The highest BCUT2D eigenvalue weighted by Gasteiger charge is 2.46. The van der Waals surface area contributed by atoms with Gasteiger partial charge in [-0.1, -0.05) is 25.8 Å². The molecular formula is C16H22O6. The summed E-state index contributed by atoms with van der Waals surface area (Å²) in [7, 11) is 0. The first-order valence-electron chi connectivity index (χ1n) is 7.66. The SMILES string of the molecule is C=C(CC(=O)OC1CC2(CCCCC2)C1)C(=O)OCC(=O)O. The van der Waals surface area contributed by atoms with Crippen LogP contribution in [0.3, 0.4) is 0 Å². The Kier molecular flexibility index (Phi) is 5.21. The van der Waals surface area contributed by atoms with Crippen LogP contribution in [0.25, 0.3) is 0 Å². The molecule has 0 aliphatic heterocycles. The molecule has 2 aliphatic carbocycles. The number of esters is 2. The van der Waals surface area contributed by atoms with E-state index in [0.717, 1.165) is 12.8 Å². The molecule has 0 aromatic heterocycles. The highest BCUT2D eigenvalue weighted by Crippen LogP contribution is 2.52. The second kappa shape index (κ2) is 6.94. The smallest absolute Gasteiger partial charge is 0.341 e. The van der Waals surface area contributed by atoms with Crippen molar-refractivity contribution in [2.24, 2.45) is 5.41 Å². The van der Waals surface area contributed by atoms with Crippen LogP contribution in [-0.2, 0) is 23.9 Å². The van der Waals surface area contributed by atoms with E-state index in [-0.39, 0.29) is 18.1 Å². The van der Waals surface area contributed by atoms with Gasteiger partial charge >= 0.3 is 17.9 Å². The lowest BCUT2D eigenvalue weighted by atomic mass is 9.59. The van der Waals surface area contributed by atoms with E-state index in [1.165, 1.54) is 32.1 Å². The van der Waals surface area contributed by atoms with Gasteiger partial charge in [-0.3, -0.25) is 4.79 Å². The molecule has 0 atom stereocenters. The quantitative estimate of drug-likeness (QED) is 0.597. The first-order valence-corrected chi connectivity index (χ1v) is 7.66. The summed E-state index contributed by atoms with van der Waals surface area (Å²) in [5.74, 6) is -2.64. The van der Waals surface area contributed by atoms with Crippen LogP contribution in [0.2, 0.25) is 0 Å². The Morgan fingerprint density at radius 3 is 2.36 bits per heavy atom. The number of carbonyl (C=O) groups excluding carboxylic acids is 2. The lowest BCUT2D eigenvalue weighted by Crippen LogP contribution is -2.44. The fourth-order valence-electron chi connectivity index (χ4n) is 3.40. The number of hydrogen-bond donors (Lipinski definition) is 1. The molecule has 6 heteroatoms. The Hall–Kier alpha value is -1.85. The van der Waals surface area contributed by atoms with Crippen molar-refractivity contribution >= 4 is 17.9 Å². The van der Waals surface area contributed by atoms with Gasteiger partial charge in [0.25, 0.3) is 0 Å². The molecule has 2 fully saturated rings. The molecule has 0 radical (unpaired) electrons. The van der Waals surface area contributed by atoms with Crippen molar-refractivity contribution in [2.45, 2.75) is 57.5 Å². The molecule has 0 unspecified atom stereocenters. The van der Waals surface area contributed by atoms with Crippen LogP contribution >= 0.6 is 0 Å². The first-order chi connectivity index (χ1) is 10.4. The van der Waals surface area contributed by atoms with Crippen LogP contribution in [0.4, 0.5) is 0 Å². The van der Waals surface area contributed by atoms with Crippen molar-refractivity contribution in [1.29, 1.82) is 0 Å². The second-order valence-corrected chi connectivity index (χ2v) is 6.33. The molecule has 2 aliphatic rings. The second-order valence-electron chi connectivity index (χ2n) is 6.33. The van der Waals surface area contributed by atoms with Gasteiger partial charge in [0.15, 0.2) is 6.61 Å². The van der Waals surface area contributed by atoms with E-state index < -0.39 is 24.5 Å². The molecule has 1 spiro atoms. The van der Waals surface area contributed by atoms with Gasteiger partial charge in [0, 0.05) is 5.57 Å². The average Bonchev–Trinajstić information content (AvgIpc) is 2.43. The molecule has 0 bridgehead atoms. The number of hydrogen-bond acceptors (Lipinski definition) is 5. The predicted molar refractivity (Wildman–Crippen MR) is 77.0 cm³/mol. The van der Waals surface area contributed by atoms with Crippen LogP contribution in [-0.4, -0.2) is 35.7 Å². The molecular weight excluding hydrogens is 288 g/mol. The summed E-state index contributed by atoms with van der Waals surface area (Å²) in [5.41, 5.74) is 0.290. The van der Waals surface area contributed by atoms with Gasteiger partial charge in [0.2, 0.25) is 0 Å². The Bertz CT molecular complexity index is 467. The Morgan fingerprint density at radius 2 is 1.77 bits per heavy atom. The maximum atomic E-state index is 11.8. The van der Waals surface area contributed by atoms with Crippen LogP contribution in [0, 0.1) is 5.41 Å². The Morgan fingerprint density at radius 1 is 1.14 bits per heavy atom. The third-order valence-electron chi connectivity index (χ3n) is 4.51. The van der Waals surface area contributed by atoms with Crippen molar-refractivity contribution in [3.8, 4) is 0 Å². The molecule has 0 heterocycles. The fourth-order valence-corrected chi connectivity index (χ4v) is 3.40. The lowest BCUT2D eigenvalue weighted by Gasteiger charge is -2.49. The number of carbonyl (C=O) groups is 3. The average molecular weight is 310 g/mol. The largest absolute Gasteiger partial charge is 0.479 e. The summed E-state index contributed by atoms with van der Waals surface area (Å²) in [4.78, 5) is 33.5. The van der Waals surface area contributed by atoms with E-state index in [9.17, 15) is 14.4 Å². The monoisotopic (exact) mass is 310 g/mol. The van der Waals surface area contributed by atoms with E-state index in [1.54, 1.807) is 0 Å². The molecule has 2 saturated carbocycles. The van der Waals surface area contributed by atoms with Gasteiger partial charge in [-0.25, -0.2) is 9.59 Å². The van der Waals surface area contributed by atoms with Gasteiger partial charge in [0.05, 0.1) is 6.42 Å². The van der Waals surface area contributed by atoms with E-state index >= 15 is 0 Å². The van der Waals surface area contributed by atoms with E-state index in [4.69, 9.17) is 9.84 Å². The molecule has 0 aromatic rings. The molecule has 6 nitrogen and oxygen atoms in total.